The minimum atomic E-state index is -0.985. The highest BCUT2D eigenvalue weighted by Crippen LogP contribution is 2.17. The Hall–Kier alpha value is -3.86. The summed E-state index contributed by atoms with van der Waals surface area (Å²) in [7, 11) is 0. The summed E-state index contributed by atoms with van der Waals surface area (Å²) in [6.07, 6.45) is 2.55. The van der Waals surface area contributed by atoms with E-state index in [2.05, 4.69) is 20.6 Å². The molecule has 0 saturated heterocycles. The molecule has 3 aromatic rings. The van der Waals surface area contributed by atoms with Gasteiger partial charge >= 0.3 is 0 Å². The van der Waals surface area contributed by atoms with Gasteiger partial charge in [0, 0.05) is 17.4 Å². The number of nitrogens with one attached hydrogen (secondary N) is 2. The zero-order valence-corrected chi connectivity index (χ0v) is 13.2. The molecule has 2 aromatic carbocycles. The van der Waals surface area contributed by atoms with Gasteiger partial charge in [0.2, 0.25) is 0 Å². The molecule has 0 aliphatic carbocycles. The third kappa shape index (κ3) is 3.96. The number of hydrogen-bond acceptors (Lipinski definition) is 5. The third-order valence-corrected chi connectivity index (χ3v) is 3.35. The Morgan fingerprint density at radius 3 is 2.31 bits per heavy atom. The first-order valence-electron chi connectivity index (χ1n) is 7.41. The van der Waals surface area contributed by atoms with Gasteiger partial charge in [0.1, 0.15) is 11.5 Å². The van der Waals surface area contributed by atoms with Gasteiger partial charge in [-0.25, -0.2) is 18.7 Å². The smallest absolute Gasteiger partial charge is 0.275 e. The number of aromatic nitrogens is 2. The lowest BCUT2D eigenvalue weighted by Crippen LogP contribution is -2.14. The van der Waals surface area contributed by atoms with E-state index < -0.39 is 17.5 Å². The summed E-state index contributed by atoms with van der Waals surface area (Å²) in [6.45, 7) is 0. The van der Waals surface area contributed by atoms with Crippen LogP contribution in [0, 0.1) is 23.0 Å². The fourth-order valence-electron chi connectivity index (χ4n) is 2.05. The average Bonchev–Trinajstić information content (AvgIpc) is 2.66. The second-order valence-electron chi connectivity index (χ2n) is 5.18. The number of rotatable bonds is 4. The molecule has 0 aliphatic rings. The predicted molar refractivity (Wildman–Crippen MR) is 90.8 cm³/mol. The molecule has 2 N–H and O–H groups in total. The summed E-state index contributed by atoms with van der Waals surface area (Å²) in [6, 6.07) is 11.7. The average molecular weight is 351 g/mol. The van der Waals surface area contributed by atoms with Crippen LogP contribution in [-0.2, 0) is 0 Å². The molecule has 0 atom stereocenters. The highest BCUT2D eigenvalue weighted by Gasteiger charge is 2.09. The second kappa shape index (κ2) is 7.36. The van der Waals surface area contributed by atoms with E-state index in [-0.39, 0.29) is 11.5 Å². The van der Waals surface area contributed by atoms with Crippen molar-refractivity contribution in [2.45, 2.75) is 0 Å². The van der Waals surface area contributed by atoms with Crippen LogP contribution in [0.1, 0.15) is 16.1 Å². The third-order valence-electron chi connectivity index (χ3n) is 3.35. The van der Waals surface area contributed by atoms with Crippen molar-refractivity contribution in [1.29, 1.82) is 5.26 Å². The number of nitrogens with zero attached hydrogens (tertiary/aromatic N) is 3. The Morgan fingerprint density at radius 2 is 1.69 bits per heavy atom. The minimum absolute atomic E-state index is 0.0743. The van der Waals surface area contributed by atoms with Crippen LogP contribution in [0.4, 0.5) is 26.0 Å². The molecule has 1 aromatic heterocycles. The monoisotopic (exact) mass is 351 g/mol. The van der Waals surface area contributed by atoms with Crippen molar-refractivity contribution < 1.29 is 13.6 Å². The number of amides is 1. The van der Waals surface area contributed by atoms with E-state index in [1.165, 1.54) is 18.5 Å². The van der Waals surface area contributed by atoms with Crippen LogP contribution in [-0.4, -0.2) is 15.9 Å². The lowest BCUT2D eigenvalue weighted by Gasteiger charge is -2.07. The molecule has 128 valence electrons. The maximum atomic E-state index is 13.2. The first-order valence-corrected chi connectivity index (χ1v) is 7.41. The van der Waals surface area contributed by atoms with Crippen LogP contribution >= 0.6 is 0 Å². The number of carbonyl (C=O) groups excluding carboxylic acids is 1. The highest BCUT2D eigenvalue weighted by molar-refractivity contribution is 6.02. The fourth-order valence-corrected chi connectivity index (χ4v) is 2.05. The lowest BCUT2D eigenvalue weighted by atomic mass is 10.2. The van der Waals surface area contributed by atoms with E-state index in [1.54, 1.807) is 24.3 Å². The van der Waals surface area contributed by atoms with Gasteiger partial charge in [-0.15, -0.1) is 0 Å². The zero-order chi connectivity index (χ0) is 18.5. The van der Waals surface area contributed by atoms with Gasteiger partial charge in [0.25, 0.3) is 5.91 Å². The van der Waals surface area contributed by atoms with E-state index in [9.17, 15) is 13.6 Å². The summed E-state index contributed by atoms with van der Waals surface area (Å²) in [5.74, 6) is -2.13. The zero-order valence-electron chi connectivity index (χ0n) is 13.2. The summed E-state index contributed by atoms with van der Waals surface area (Å²) < 4.78 is 26.1. The molecule has 0 unspecified atom stereocenters. The highest BCUT2D eigenvalue weighted by atomic mass is 19.2. The van der Waals surface area contributed by atoms with Crippen LogP contribution in [0.3, 0.4) is 0 Å². The van der Waals surface area contributed by atoms with E-state index >= 15 is 0 Å². The van der Waals surface area contributed by atoms with E-state index in [1.807, 2.05) is 6.07 Å². The molecule has 0 bridgehead atoms. The van der Waals surface area contributed by atoms with Gasteiger partial charge in [-0.1, -0.05) is 0 Å². The van der Waals surface area contributed by atoms with Crippen molar-refractivity contribution in [3.8, 4) is 6.07 Å². The van der Waals surface area contributed by atoms with Crippen LogP contribution < -0.4 is 10.6 Å². The molecule has 26 heavy (non-hydrogen) atoms. The number of halogens is 2. The largest absolute Gasteiger partial charge is 0.339 e. The van der Waals surface area contributed by atoms with Gasteiger partial charge in [-0.3, -0.25) is 4.79 Å². The molecule has 0 fully saturated rings. The van der Waals surface area contributed by atoms with E-state index in [0.717, 1.165) is 12.1 Å². The summed E-state index contributed by atoms with van der Waals surface area (Å²) in [5.41, 5.74) is 1.37. The topological polar surface area (TPSA) is 90.7 Å². The van der Waals surface area contributed by atoms with E-state index in [4.69, 9.17) is 5.26 Å². The first-order chi connectivity index (χ1) is 12.5. The molecule has 0 saturated carbocycles. The Labute approximate surface area is 147 Å². The maximum absolute atomic E-state index is 13.2. The molecule has 0 radical (unpaired) electrons. The number of anilines is 3. The van der Waals surface area contributed by atoms with Gasteiger partial charge < -0.3 is 10.6 Å². The minimum Gasteiger partial charge on any atom is -0.339 e. The normalized spacial score (nSPS) is 10.0. The molecule has 6 nitrogen and oxygen atoms in total. The van der Waals surface area contributed by atoms with Crippen molar-refractivity contribution in [3.05, 3.63) is 77.8 Å². The van der Waals surface area contributed by atoms with Crippen molar-refractivity contribution in [2.75, 3.05) is 10.6 Å². The number of benzene rings is 2. The van der Waals surface area contributed by atoms with Crippen LogP contribution in [0.2, 0.25) is 0 Å². The fraction of sp³-hybridized carbons (Fsp3) is 0. The van der Waals surface area contributed by atoms with Crippen molar-refractivity contribution in [2.24, 2.45) is 0 Å². The van der Waals surface area contributed by atoms with E-state index in [0.29, 0.717) is 16.9 Å². The van der Waals surface area contributed by atoms with Crippen molar-refractivity contribution >= 4 is 23.1 Å². The van der Waals surface area contributed by atoms with Gasteiger partial charge in [0.15, 0.2) is 11.6 Å². The maximum Gasteiger partial charge on any atom is 0.275 e. The molecule has 0 aliphatic heterocycles. The Bertz CT molecular complexity index is 982. The summed E-state index contributed by atoms with van der Waals surface area (Å²) in [4.78, 5) is 20.1. The predicted octanol–water partition coefficient (Wildman–Crippen LogP) is 3.62. The molecule has 3 rings (SSSR count). The number of nitriles is 1. The molecular formula is C18H11F2N5O. The summed E-state index contributed by atoms with van der Waals surface area (Å²) in [5, 5.41) is 14.1. The molecule has 1 amide bonds. The summed E-state index contributed by atoms with van der Waals surface area (Å²) >= 11 is 0. The van der Waals surface area contributed by atoms with Crippen LogP contribution in [0.25, 0.3) is 0 Å². The van der Waals surface area contributed by atoms with Crippen LogP contribution in [0.15, 0.2) is 54.9 Å². The first kappa shape index (κ1) is 17.0. The molecule has 0 spiro atoms. The van der Waals surface area contributed by atoms with Gasteiger partial charge in [0.05, 0.1) is 24.0 Å². The Morgan fingerprint density at radius 1 is 0.962 bits per heavy atom. The Balaban J connectivity index is 1.67. The number of carbonyl (C=O) groups is 1. The molecule has 8 heteroatoms. The number of hydrogen-bond donors (Lipinski definition) is 2. The van der Waals surface area contributed by atoms with Gasteiger partial charge in [-0.2, -0.15) is 5.26 Å². The quantitative estimate of drug-likeness (QED) is 0.749. The Kier molecular flexibility index (Phi) is 4.80. The van der Waals surface area contributed by atoms with Crippen LogP contribution in [0.5, 0.6) is 0 Å². The SMILES string of the molecule is N#Cc1ccc(NC(=O)c2cnc(Nc3ccc(F)c(F)c3)cn2)cc1. The second-order valence-corrected chi connectivity index (χ2v) is 5.18. The van der Waals surface area contributed by atoms with Gasteiger partial charge in [-0.05, 0) is 36.4 Å². The van der Waals surface area contributed by atoms with Crippen molar-refractivity contribution in [1.82, 2.24) is 9.97 Å². The standard InChI is InChI=1S/C18H11F2N5O/c19-14-6-5-13(7-15(14)20)24-17-10-22-16(9-23-17)18(26)25-12-3-1-11(8-21)2-4-12/h1-7,9-10H,(H,23,24)(H,25,26). The molecule has 1 heterocycles. The lowest BCUT2D eigenvalue weighted by molar-refractivity contribution is 0.102. The van der Waals surface area contributed by atoms with Crippen molar-refractivity contribution in [3.63, 3.8) is 0 Å². The molecular weight excluding hydrogens is 340 g/mol.